The third-order valence-electron chi connectivity index (χ3n) is 4.32. The summed E-state index contributed by atoms with van der Waals surface area (Å²) in [6, 6.07) is 18.8. The zero-order valence-electron chi connectivity index (χ0n) is 15.0. The summed E-state index contributed by atoms with van der Waals surface area (Å²) in [6.45, 7) is 1.93. The number of ether oxygens (including phenoxy) is 1. The number of rotatable bonds is 4. The number of carbonyl (C=O) groups excluding carboxylic acids is 1. The summed E-state index contributed by atoms with van der Waals surface area (Å²) < 4.78 is 7.06. The lowest BCUT2D eigenvalue weighted by Gasteiger charge is -2.09. The number of nitrogens with one attached hydrogen (secondary N) is 1. The first-order valence-electron chi connectivity index (χ1n) is 8.52. The van der Waals surface area contributed by atoms with Gasteiger partial charge in [0.25, 0.3) is 5.91 Å². The maximum atomic E-state index is 12.6. The minimum Gasteiger partial charge on any atom is -0.496 e. The Morgan fingerprint density at radius 3 is 2.59 bits per heavy atom. The highest BCUT2D eigenvalue weighted by molar-refractivity contribution is 6.06. The fourth-order valence-corrected chi connectivity index (χ4v) is 2.99. The van der Waals surface area contributed by atoms with Crippen molar-refractivity contribution >= 4 is 22.6 Å². The predicted octanol–water partition coefficient (Wildman–Crippen LogP) is 3.99. The molecule has 0 saturated heterocycles. The smallest absolute Gasteiger partial charge is 0.259 e. The molecule has 4 rings (SSSR count). The largest absolute Gasteiger partial charge is 0.496 e. The molecule has 134 valence electrons. The summed E-state index contributed by atoms with van der Waals surface area (Å²) in [4.78, 5) is 17.1. The highest BCUT2D eigenvalue weighted by Crippen LogP contribution is 2.24. The molecular formula is C21H18N4O2. The Morgan fingerprint density at radius 1 is 1.07 bits per heavy atom. The van der Waals surface area contributed by atoms with Crippen molar-refractivity contribution in [3.63, 3.8) is 0 Å². The first-order valence-corrected chi connectivity index (χ1v) is 8.52. The van der Waals surface area contributed by atoms with Crippen LogP contribution in [0.3, 0.4) is 0 Å². The average molecular weight is 358 g/mol. The number of benzene rings is 2. The Balaban J connectivity index is 1.68. The Kier molecular flexibility index (Phi) is 4.30. The van der Waals surface area contributed by atoms with Gasteiger partial charge in [-0.25, -0.2) is 9.67 Å². The van der Waals surface area contributed by atoms with E-state index in [1.54, 1.807) is 36.2 Å². The lowest BCUT2D eigenvalue weighted by molar-refractivity contribution is 0.102. The second-order valence-corrected chi connectivity index (χ2v) is 6.08. The molecule has 0 spiro atoms. The van der Waals surface area contributed by atoms with Gasteiger partial charge in [-0.05, 0) is 37.3 Å². The zero-order chi connectivity index (χ0) is 18.8. The lowest BCUT2D eigenvalue weighted by Crippen LogP contribution is -2.13. The molecule has 0 unspecified atom stereocenters. The van der Waals surface area contributed by atoms with Crippen molar-refractivity contribution in [2.75, 3.05) is 12.4 Å². The number of aromatic nitrogens is 3. The zero-order valence-corrected chi connectivity index (χ0v) is 15.0. The number of fused-ring (bicyclic) bond motifs is 1. The second-order valence-electron chi connectivity index (χ2n) is 6.08. The van der Waals surface area contributed by atoms with E-state index in [4.69, 9.17) is 4.74 Å². The molecule has 0 aliphatic heterocycles. The van der Waals surface area contributed by atoms with E-state index in [0.29, 0.717) is 17.0 Å². The van der Waals surface area contributed by atoms with Gasteiger partial charge in [-0.3, -0.25) is 4.79 Å². The topological polar surface area (TPSA) is 69.0 Å². The van der Waals surface area contributed by atoms with Gasteiger partial charge in [-0.2, -0.15) is 5.10 Å². The molecule has 0 aliphatic carbocycles. The second kappa shape index (κ2) is 6.92. The summed E-state index contributed by atoms with van der Waals surface area (Å²) in [5.74, 6) is 0.277. The van der Waals surface area contributed by atoms with Crippen molar-refractivity contribution in [2.24, 2.45) is 0 Å². The maximum absolute atomic E-state index is 12.6. The number of methoxy groups -OCH3 is 1. The first kappa shape index (κ1) is 16.8. The summed E-state index contributed by atoms with van der Waals surface area (Å²) in [5.41, 5.74) is 3.60. The van der Waals surface area contributed by atoms with E-state index < -0.39 is 0 Å². The molecule has 2 aromatic carbocycles. The summed E-state index contributed by atoms with van der Waals surface area (Å²) in [7, 11) is 1.54. The van der Waals surface area contributed by atoms with Gasteiger partial charge in [0.05, 0.1) is 35.9 Å². The van der Waals surface area contributed by atoms with Crippen molar-refractivity contribution in [1.82, 2.24) is 14.8 Å². The summed E-state index contributed by atoms with van der Waals surface area (Å²) >= 11 is 0. The van der Waals surface area contributed by atoms with Crippen molar-refractivity contribution in [3.8, 4) is 11.4 Å². The molecule has 0 fully saturated rings. The van der Waals surface area contributed by atoms with Gasteiger partial charge >= 0.3 is 0 Å². The van der Waals surface area contributed by atoms with Crippen LogP contribution in [-0.4, -0.2) is 27.8 Å². The minimum absolute atomic E-state index is 0.248. The maximum Gasteiger partial charge on any atom is 0.259 e. The van der Waals surface area contributed by atoms with E-state index in [1.165, 1.54) is 0 Å². The molecular weight excluding hydrogens is 340 g/mol. The van der Waals surface area contributed by atoms with Gasteiger partial charge in [-0.15, -0.1) is 0 Å². The van der Waals surface area contributed by atoms with Crippen LogP contribution in [0, 0.1) is 6.92 Å². The third-order valence-corrected chi connectivity index (χ3v) is 4.32. The molecule has 0 radical (unpaired) electrons. The Hall–Kier alpha value is -3.67. The number of amides is 1. The van der Waals surface area contributed by atoms with Gasteiger partial charge < -0.3 is 10.1 Å². The van der Waals surface area contributed by atoms with Gasteiger partial charge in [0.2, 0.25) is 0 Å². The fourth-order valence-electron chi connectivity index (χ4n) is 2.99. The van der Waals surface area contributed by atoms with E-state index in [9.17, 15) is 4.79 Å². The number of aryl methyl sites for hydroxylation is 1. The first-order chi connectivity index (χ1) is 13.2. The highest BCUT2D eigenvalue weighted by atomic mass is 16.5. The molecule has 1 amide bonds. The number of nitrogens with zero attached hydrogens (tertiary/aromatic N) is 3. The van der Waals surface area contributed by atoms with Crippen LogP contribution in [0.15, 0.2) is 66.9 Å². The molecule has 0 bridgehead atoms. The third kappa shape index (κ3) is 3.13. The standard InChI is InChI=1S/C21H18N4O2/c1-14-18-12-15(23-21(26)17-10-6-7-11-19(17)27-2)13-22-20(18)25(24-14)16-8-4-3-5-9-16/h3-13H,1-2H3,(H,23,26). The molecule has 6 heteroatoms. The van der Waals surface area contributed by atoms with Crippen molar-refractivity contribution < 1.29 is 9.53 Å². The number of carbonyl (C=O) groups is 1. The normalized spacial score (nSPS) is 10.7. The van der Waals surface area contributed by atoms with E-state index in [2.05, 4.69) is 15.4 Å². The molecule has 1 N–H and O–H groups in total. The Morgan fingerprint density at radius 2 is 1.81 bits per heavy atom. The van der Waals surface area contributed by atoms with E-state index in [1.807, 2.05) is 49.4 Å². The van der Waals surface area contributed by atoms with Crippen LogP contribution in [0.25, 0.3) is 16.7 Å². The lowest BCUT2D eigenvalue weighted by atomic mass is 10.2. The number of hydrogen-bond acceptors (Lipinski definition) is 4. The van der Waals surface area contributed by atoms with Crippen molar-refractivity contribution in [1.29, 1.82) is 0 Å². The van der Waals surface area contributed by atoms with E-state index in [0.717, 1.165) is 22.4 Å². The van der Waals surface area contributed by atoms with Crippen LogP contribution in [-0.2, 0) is 0 Å². The number of pyridine rings is 1. The monoisotopic (exact) mass is 358 g/mol. The molecule has 4 aromatic rings. The summed E-state index contributed by atoms with van der Waals surface area (Å²) in [5, 5.41) is 8.36. The number of anilines is 1. The van der Waals surface area contributed by atoms with Crippen LogP contribution in [0.4, 0.5) is 5.69 Å². The van der Waals surface area contributed by atoms with Crippen LogP contribution in [0.2, 0.25) is 0 Å². The Labute approximate surface area is 156 Å². The number of para-hydroxylation sites is 2. The average Bonchev–Trinajstić information content (AvgIpc) is 3.04. The molecule has 2 heterocycles. The Bertz CT molecular complexity index is 1120. The molecule has 27 heavy (non-hydrogen) atoms. The van der Waals surface area contributed by atoms with Crippen LogP contribution in [0.1, 0.15) is 16.1 Å². The van der Waals surface area contributed by atoms with Crippen LogP contribution < -0.4 is 10.1 Å². The van der Waals surface area contributed by atoms with Crippen molar-refractivity contribution in [3.05, 3.63) is 78.1 Å². The molecule has 2 aromatic heterocycles. The highest BCUT2D eigenvalue weighted by Gasteiger charge is 2.14. The minimum atomic E-state index is -0.248. The van der Waals surface area contributed by atoms with Crippen LogP contribution >= 0.6 is 0 Å². The quantitative estimate of drug-likeness (QED) is 0.599. The van der Waals surface area contributed by atoms with E-state index >= 15 is 0 Å². The van der Waals surface area contributed by atoms with Gasteiger partial charge in [-0.1, -0.05) is 30.3 Å². The number of hydrogen-bond donors (Lipinski definition) is 1. The van der Waals surface area contributed by atoms with Gasteiger partial charge in [0.15, 0.2) is 5.65 Å². The SMILES string of the molecule is COc1ccccc1C(=O)Nc1cnc2c(c1)c(C)nn2-c1ccccc1. The summed E-state index contributed by atoms with van der Waals surface area (Å²) in [6.07, 6.45) is 1.64. The predicted molar refractivity (Wildman–Crippen MR) is 105 cm³/mol. The van der Waals surface area contributed by atoms with Crippen LogP contribution in [0.5, 0.6) is 5.75 Å². The molecule has 0 saturated carbocycles. The van der Waals surface area contributed by atoms with Gasteiger partial charge in [0, 0.05) is 5.39 Å². The van der Waals surface area contributed by atoms with E-state index in [-0.39, 0.29) is 5.91 Å². The molecule has 0 atom stereocenters. The molecule has 6 nitrogen and oxygen atoms in total. The van der Waals surface area contributed by atoms with Crippen molar-refractivity contribution in [2.45, 2.75) is 6.92 Å². The fraction of sp³-hybridized carbons (Fsp3) is 0.0952. The van der Waals surface area contributed by atoms with Gasteiger partial charge in [0.1, 0.15) is 5.75 Å². The molecule has 0 aliphatic rings.